The molecular formula is C22H30N4OS. The molecule has 28 heavy (non-hydrogen) atoms. The zero-order valence-electron chi connectivity index (χ0n) is 17.3. The van der Waals surface area contributed by atoms with Crippen LogP contribution >= 0.6 is 11.8 Å². The van der Waals surface area contributed by atoms with Gasteiger partial charge in [0.15, 0.2) is 5.16 Å². The number of carbonyl (C=O) groups is 1. The molecule has 1 atom stereocenters. The molecule has 1 aromatic carbocycles. The van der Waals surface area contributed by atoms with Gasteiger partial charge in [0.1, 0.15) is 5.82 Å². The molecule has 1 amide bonds. The van der Waals surface area contributed by atoms with Gasteiger partial charge in [0.25, 0.3) is 0 Å². The van der Waals surface area contributed by atoms with Crippen LogP contribution in [0.3, 0.4) is 0 Å². The summed E-state index contributed by atoms with van der Waals surface area (Å²) in [5, 5.41) is 9.67. The fourth-order valence-electron chi connectivity index (χ4n) is 3.50. The van der Waals surface area contributed by atoms with Gasteiger partial charge in [-0.2, -0.15) is 0 Å². The van der Waals surface area contributed by atoms with E-state index in [0.717, 1.165) is 16.5 Å². The lowest BCUT2D eigenvalue weighted by atomic mass is 10.0. The van der Waals surface area contributed by atoms with E-state index in [9.17, 15) is 4.79 Å². The van der Waals surface area contributed by atoms with Crippen molar-refractivity contribution in [3.8, 4) is 0 Å². The minimum atomic E-state index is -0.245. The lowest BCUT2D eigenvalue weighted by molar-refractivity contribution is -0.135. The van der Waals surface area contributed by atoms with E-state index in [1.54, 1.807) is 11.8 Å². The molecule has 2 aliphatic rings. The van der Waals surface area contributed by atoms with Crippen LogP contribution in [-0.4, -0.2) is 36.4 Å². The standard InChI is InChI=1S/C22H30N4OS/c1-15(20(27)25(22(2,3)4)14-16-8-6-5-7-9-16)28-21-24-23-19(17-10-11-17)26(21)18-12-13-18/h5-9,15,17-18H,10-14H2,1-4H3/t15-/m1/s1. The Morgan fingerprint density at radius 2 is 1.86 bits per heavy atom. The Labute approximate surface area is 171 Å². The highest BCUT2D eigenvalue weighted by Gasteiger charge is 2.38. The van der Waals surface area contributed by atoms with Gasteiger partial charge in [-0.3, -0.25) is 4.79 Å². The number of hydrogen-bond donors (Lipinski definition) is 0. The van der Waals surface area contributed by atoms with Crippen LogP contribution in [0, 0.1) is 0 Å². The van der Waals surface area contributed by atoms with Crippen LogP contribution in [0.15, 0.2) is 35.5 Å². The summed E-state index contributed by atoms with van der Waals surface area (Å²) < 4.78 is 2.32. The molecule has 1 heterocycles. The Kier molecular flexibility index (Phi) is 5.25. The maximum absolute atomic E-state index is 13.4. The third-order valence-corrected chi connectivity index (χ3v) is 6.48. The van der Waals surface area contributed by atoms with Gasteiger partial charge >= 0.3 is 0 Å². The minimum absolute atomic E-state index is 0.152. The Morgan fingerprint density at radius 3 is 2.43 bits per heavy atom. The van der Waals surface area contributed by atoms with Gasteiger partial charge in [0.05, 0.1) is 5.25 Å². The highest BCUT2D eigenvalue weighted by atomic mass is 32.2. The topological polar surface area (TPSA) is 51.0 Å². The van der Waals surface area contributed by atoms with Crippen LogP contribution in [0.2, 0.25) is 0 Å². The summed E-state index contributed by atoms with van der Waals surface area (Å²) in [5.41, 5.74) is 0.908. The van der Waals surface area contributed by atoms with Crippen molar-refractivity contribution in [1.82, 2.24) is 19.7 Å². The van der Waals surface area contributed by atoms with E-state index in [0.29, 0.717) is 18.5 Å². The van der Waals surface area contributed by atoms with Crippen LogP contribution in [0.25, 0.3) is 0 Å². The second-order valence-corrected chi connectivity index (χ2v) is 10.4. The van der Waals surface area contributed by atoms with Crippen molar-refractivity contribution >= 4 is 17.7 Å². The van der Waals surface area contributed by atoms with Gasteiger partial charge in [-0.25, -0.2) is 0 Å². The molecule has 2 aromatic rings. The first-order valence-electron chi connectivity index (χ1n) is 10.3. The zero-order valence-corrected chi connectivity index (χ0v) is 18.1. The highest BCUT2D eigenvalue weighted by molar-refractivity contribution is 8.00. The Balaban J connectivity index is 1.51. The SMILES string of the molecule is C[C@@H](Sc1nnc(C2CC2)n1C1CC1)C(=O)N(Cc1ccccc1)C(C)(C)C. The predicted octanol–water partition coefficient (Wildman–Crippen LogP) is 4.80. The number of aromatic nitrogens is 3. The molecule has 5 nitrogen and oxygen atoms in total. The lowest BCUT2D eigenvalue weighted by Gasteiger charge is -2.37. The van der Waals surface area contributed by atoms with E-state index in [2.05, 4.69) is 47.7 Å². The van der Waals surface area contributed by atoms with E-state index in [-0.39, 0.29) is 16.7 Å². The molecule has 0 spiro atoms. The fourth-order valence-corrected chi connectivity index (χ4v) is 4.49. The molecule has 150 valence electrons. The molecule has 0 unspecified atom stereocenters. The molecule has 1 aromatic heterocycles. The normalized spacial score (nSPS) is 18.1. The van der Waals surface area contributed by atoms with Gasteiger partial charge in [-0.15, -0.1) is 10.2 Å². The Hall–Kier alpha value is -1.82. The van der Waals surface area contributed by atoms with Crippen molar-refractivity contribution in [1.29, 1.82) is 0 Å². The van der Waals surface area contributed by atoms with Crippen LogP contribution < -0.4 is 0 Å². The third kappa shape index (κ3) is 4.27. The van der Waals surface area contributed by atoms with Gasteiger partial charge in [0.2, 0.25) is 5.91 Å². The summed E-state index contributed by atoms with van der Waals surface area (Å²) in [6, 6.07) is 10.8. The number of nitrogens with zero attached hydrogens (tertiary/aromatic N) is 4. The van der Waals surface area contributed by atoms with Crippen LogP contribution in [-0.2, 0) is 11.3 Å². The van der Waals surface area contributed by atoms with Crippen molar-refractivity contribution < 1.29 is 4.79 Å². The number of benzene rings is 1. The van der Waals surface area contributed by atoms with Crippen molar-refractivity contribution in [3.05, 3.63) is 41.7 Å². The average molecular weight is 399 g/mol. The van der Waals surface area contributed by atoms with Crippen LogP contribution in [0.4, 0.5) is 0 Å². The van der Waals surface area contributed by atoms with Gasteiger partial charge in [-0.05, 0) is 58.9 Å². The predicted molar refractivity (Wildman–Crippen MR) is 112 cm³/mol. The first-order chi connectivity index (χ1) is 13.3. The fraction of sp³-hybridized carbons (Fsp3) is 0.591. The molecule has 0 saturated heterocycles. The molecule has 0 aliphatic heterocycles. The largest absolute Gasteiger partial charge is 0.333 e. The first-order valence-corrected chi connectivity index (χ1v) is 11.2. The quantitative estimate of drug-likeness (QED) is 0.629. The summed E-state index contributed by atoms with van der Waals surface area (Å²) in [6.45, 7) is 8.92. The van der Waals surface area contributed by atoms with Crippen molar-refractivity contribution in [2.24, 2.45) is 0 Å². The minimum Gasteiger partial charge on any atom is -0.333 e. The highest BCUT2D eigenvalue weighted by Crippen LogP contribution is 2.46. The van der Waals surface area contributed by atoms with Crippen LogP contribution in [0.5, 0.6) is 0 Å². The van der Waals surface area contributed by atoms with Gasteiger partial charge in [-0.1, -0.05) is 42.1 Å². The molecule has 0 bridgehead atoms. The summed E-state index contributed by atoms with van der Waals surface area (Å²) in [7, 11) is 0. The number of hydrogen-bond acceptors (Lipinski definition) is 4. The van der Waals surface area contributed by atoms with Gasteiger partial charge < -0.3 is 9.47 Å². The second kappa shape index (κ2) is 7.54. The Bertz CT molecular complexity index is 834. The molecule has 0 N–H and O–H groups in total. The van der Waals surface area contributed by atoms with E-state index < -0.39 is 0 Å². The number of carbonyl (C=O) groups excluding carboxylic acids is 1. The molecule has 2 fully saturated rings. The molecule has 0 radical (unpaired) electrons. The Morgan fingerprint density at radius 1 is 1.18 bits per heavy atom. The van der Waals surface area contributed by atoms with E-state index in [4.69, 9.17) is 0 Å². The molecule has 4 rings (SSSR count). The van der Waals surface area contributed by atoms with Crippen molar-refractivity contribution in [3.63, 3.8) is 0 Å². The van der Waals surface area contributed by atoms with E-state index in [1.165, 1.54) is 25.7 Å². The second-order valence-electron chi connectivity index (χ2n) is 9.06. The number of thioether (sulfide) groups is 1. The van der Waals surface area contributed by atoms with Gasteiger partial charge in [0, 0.05) is 24.0 Å². The summed E-state index contributed by atoms with van der Waals surface area (Å²) in [5.74, 6) is 1.87. The third-order valence-electron chi connectivity index (χ3n) is 5.43. The maximum atomic E-state index is 13.4. The number of amides is 1. The van der Waals surface area contributed by atoms with E-state index in [1.807, 2.05) is 30.0 Å². The molecule has 2 saturated carbocycles. The van der Waals surface area contributed by atoms with Crippen LogP contribution in [0.1, 0.15) is 76.7 Å². The zero-order chi connectivity index (χ0) is 19.9. The van der Waals surface area contributed by atoms with Crippen molar-refractivity contribution in [2.45, 2.75) is 87.8 Å². The van der Waals surface area contributed by atoms with E-state index >= 15 is 0 Å². The monoisotopic (exact) mass is 398 g/mol. The van der Waals surface area contributed by atoms with Crippen molar-refractivity contribution in [2.75, 3.05) is 0 Å². The summed E-state index contributed by atoms with van der Waals surface area (Å²) in [6.07, 6.45) is 4.85. The molecular weight excluding hydrogens is 368 g/mol. The lowest BCUT2D eigenvalue weighted by Crippen LogP contribution is -2.48. The smallest absolute Gasteiger partial charge is 0.236 e. The summed E-state index contributed by atoms with van der Waals surface area (Å²) >= 11 is 1.57. The first kappa shape index (κ1) is 19.5. The number of rotatable bonds is 7. The molecule has 6 heteroatoms. The average Bonchev–Trinajstić information content (AvgIpc) is 3.58. The maximum Gasteiger partial charge on any atom is 0.236 e. The summed E-state index contributed by atoms with van der Waals surface area (Å²) in [4.78, 5) is 15.4. The molecule has 2 aliphatic carbocycles.